The lowest BCUT2D eigenvalue weighted by atomic mass is 9.82. The van der Waals surface area contributed by atoms with Gasteiger partial charge in [-0.05, 0) is 99.4 Å². The SMILES string of the molecule is CC1(C)c2ccccc2-c2c(N(c3ccc(-c4cccc(-n5c6ccccc6c6ccccc65)c4)cc3)c3ccc(-c4cccc5c4oc4c6ccccc6ccc54)cc3)cccc21. The summed E-state index contributed by atoms with van der Waals surface area (Å²) in [7, 11) is 0. The molecule has 0 amide bonds. The molecule has 0 radical (unpaired) electrons. The maximum absolute atomic E-state index is 6.77. The second kappa shape index (κ2) is 13.9. The van der Waals surface area contributed by atoms with Crippen LogP contribution in [0.5, 0.6) is 0 Å². The van der Waals surface area contributed by atoms with Gasteiger partial charge in [-0.25, -0.2) is 0 Å². The molecule has 3 nitrogen and oxygen atoms in total. The average Bonchev–Trinajstić information content (AvgIpc) is 3.98. The first-order chi connectivity index (χ1) is 31.5. The van der Waals surface area contributed by atoms with Crippen LogP contribution in [-0.4, -0.2) is 4.57 Å². The molecule has 0 saturated heterocycles. The van der Waals surface area contributed by atoms with Crippen molar-refractivity contribution in [3.63, 3.8) is 0 Å². The lowest BCUT2D eigenvalue weighted by Crippen LogP contribution is -2.16. The van der Waals surface area contributed by atoms with Crippen molar-refractivity contribution < 1.29 is 4.42 Å². The van der Waals surface area contributed by atoms with Gasteiger partial charge in [0.15, 0.2) is 0 Å². The molecule has 302 valence electrons. The second-order valence-corrected chi connectivity index (χ2v) is 17.7. The summed E-state index contributed by atoms with van der Waals surface area (Å²) in [5.74, 6) is 0. The highest BCUT2D eigenvalue weighted by Gasteiger charge is 2.37. The van der Waals surface area contributed by atoms with Gasteiger partial charge >= 0.3 is 0 Å². The summed E-state index contributed by atoms with van der Waals surface area (Å²) >= 11 is 0. The molecule has 0 unspecified atom stereocenters. The van der Waals surface area contributed by atoms with Crippen molar-refractivity contribution >= 4 is 71.6 Å². The Bertz CT molecular complexity index is 3760. The van der Waals surface area contributed by atoms with Crippen molar-refractivity contribution in [2.45, 2.75) is 19.3 Å². The van der Waals surface area contributed by atoms with E-state index < -0.39 is 0 Å². The minimum absolute atomic E-state index is 0.126. The molecule has 0 fully saturated rings. The van der Waals surface area contributed by atoms with Crippen molar-refractivity contribution in [3.8, 4) is 39.1 Å². The Kier molecular flexibility index (Phi) is 7.95. The Labute approximate surface area is 371 Å². The number of hydrogen-bond acceptors (Lipinski definition) is 2. The second-order valence-electron chi connectivity index (χ2n) is 17.7. The summed E-state index contributed by atoms with van der Waals surface area (Å²) in [5.41, 5.74) is 18.4. The standard InChI is InChI=1S/C61H42N2O/c1-61(2)53-23-8-5-20-52(53)58-54(61)24-13-27-57(58)62(44-35-30-41(31-36-44)47-21-12-22-50-51-37-32-40-14-3-4-17-46(40)60(51)64-59(47)50)43-33-28-39(29-34-43)42-15-11-16-45(38-42)63-55-25-9-6-18-48(55)49-19-7-10-26-56(49)63/h3-38H,1-2H3. The minimum atomic E-state index is -0.126. The highest BCUT2D eigenvalue weighted by Crippen LogP contribution is 2.54. The van der Waals surface area contributed by atoms with Gasteiger partial charge in [-0.2, -0.15) is 0 Å². The van der Waals surface area contributed by atoms with Crippen molar-refractivity contribution in [2.24, 2.45) is 0 Å². The number of benzene rings is 10. The fourth-order valence-corrected chi connectivity index (χ4v) is 10.7. The number of para-hydroxylation sites is 3. The van der Waals surface area contributed by atoms with Gasteiger partial charge in [-0.15, -0.1) is 0 Å². The van der Waals surface area contributed by atoms with Gasteiger partial charge in [0.2, 0.25) is 0 Å². The monoisotopic (exact) mass is 818 g/mol. The normalized spacial score (nSPS) is 13.0. The number of nitrogens with zero attached hydrogens (tertiary/aromatic N) is 2. The fraction of sp³-hybridized carbons (Fsp3) is 0.0492. The summed E-state index contributed by atoms with van der Waals surface area (Å²) in [5, 5.41) is 7.11. The molecular weight excluding hydrogens is 777 g/mol. The summed E-state index contributed by atoms with van der Waals surface area (Å²) in [6.07, 6.45) is 0. The van der Waals surface area contributed by atoms with Crippen LogP contribution in [0.25, 0.3) is 93.6 Å². The molecule has 13 rings (SSSR count). The van der Waals surface area contributed by atoms with E-state index in [-0.39, 0.29) is 5.41 Å². The summed E-state index contributed by atoms with van der Waals surface area (Å²) < 4.78 is 9.16. The first-order valence-electron chi connectivity index (χ1n) is 22.2. The van der Waals surface area contributed by atoms with Crippen LogP contribution in [0.1, 0.15) is 25.0 Å². The zero-order valence-electron chi connectivity index (χ0n) is 35.6. The molecule has 1 aliphatic rings. The lowest BCUT2D eigenvalue weighted by Gasteiger charge is -2.29. The number of furan rings is 1. The van der Waals surface area contributed by atoms with Crippen LogP contribution in [0.15, 0.2) is 223 Å². The third-order valence-corrected chi connectivity index (χ3v) is 13.8. The van der Waals surface area contributed by atoms with Gasteiger partial charge in [0.05, 0.1) is 16.7 Å². The summed E-state index contributed by atoms with van der Waals surface area (Å²) in [6.45, 7) is 4.70. The van der Waals surface area contributed by atoms with Gasteiger partial charge in [0, 0.05) is 60.5 Å². The average molecular weight is 819 g/mol. The molecule has 3 heteroatoms. The van der Waals surface area contributed by atoms with Crippen LogP contribution in [0.2, 0.25) is 0 Å². The third kappa shape index (κ3) is 5.41. The number of hydrogen-bond donors (Lipinski definition) is 0. The predicted molar refractivity (Wildman–Crippen MR) is 269 cm³/mol. The number of fused-ring (bicyclic) bond motifs is 11. The van der Waals surface area contributed by atoms with E-state index in [1.54, 1.807) is 0 Å². The quantitative estimate of drug-likeness (QED) is 0.167. The Hall–Kier alpha value is -8.14. The fourth-order valence-electron chi connectivity index (χ4n) is 10.7. The molecule has 0 aliphatic heterocycles. The Morgan fingerprint density at radius 3 is 1.75 bits per heavy atom. The summed E-state index contributed by atoms with van der Waals surface area (Å²) in [6, 6.07) is 79.6. The third-order valence-electron chi connectivity index (χ3n) is 13.8. The van der Waals surface area contributed by atoms with E-state index in [2.05, 4.69) is 242 Å². The Morgan fingerprint density at radius 2 is 0.984 bits per heavy atom. The van der Waals surface area contributed by atoms with Crippen molar-refractivity contribution in [2.75, 3.05) is 4.90 Å². The van der Waals surface area contributed by atoms with Crippen LogP contribution in [0.4, 0.5) is 17.1 Å². The molecule has 1 aliphatic carbocycles. The molecule has 0 atom stereocenters. The molecular formula is C61H42N2O. The first kappa shape index (κ1) is 36.5. The van der Waals surface area contributed by atoms with Crippen molar-refractivity contribution in [1.82, 2.24) is 4.57 Å². The molecule has 0 bridgehead atoms. The van der Waals surface area contributed by atoms with E-state index in [9.17, 15) is 0 Å². The van der Waals surface area contributed by atoms with E-state index in [0.717, 1.165) is 66.8 Å². The minimum Gasteiger partial charge on any atom is -0.455 e. The topological polar surface area (TPSA) is 21.3 Å². The molecule has 0 saturated carbocycles. The van der Waals surface area contributed by atoms with Crippen molar-refractivity contribution in [3.05, 3.63) is 230 Å². The summed E-state index contributed by atoms with van der Waals surface area (Å²) in [4.78, 5) is 2.44. The molecule has 2 aromatic heterocycles. The van der Waals surface area contributed by atoms with Gasteiger partial charge in [0.1, 0.15) is 11.2 Å². The predicted octanol–water partition coefficient (Wildman–Crippen LogP) is 16.9. The van der Waals surface area contributed by atoms with Gasteiger partial charge in [0.25, 0.3) is 0 Å². The van der Waals surface area contributed by atoms with Crippen LogP contribution in [0, 0.1) is 0 Å². The molecule has 12 aromatic rings. The number of aromatic nitrogens is 1. The maximum Gasteiger partial charge on any atom is 0.143 e. The van der Waals surface area contributed by atoms with Crippen molar-refractivity contribution in [1.29, 1.82) is 0 Å². The van der Waals surface area contributed by atoms with E-state index in [1.807, 2.05) is 0 Å². The highest BCUT2D eigenvalue weighted by molar-refractivity contribution is 6.17. The molecule has 0 spiro atoms. The zero-order valence-corrected chi connectivity index (χ0v) is 35.6. The van der Waals surface area contributed by atoms with Crippen LogP contribution in [-0.2, 0) is 5.41 Å². The van der Waals surface area contributed by atoms with Crippen LogP contribution < -0.4 is 4.90 Å². The zero-order chi connectivity index (χ0) is 42.5. The van der Waals surface area contributed by atoms with E-state index >= 15 is 0 Å². The molecule has 10 aromatic carbocycles. The largest absolute Gasteiger partial charge is 0.455 e. The van der Waals surface area contributed by atoms with Crippen LogP contribution in [0.3, 0.4) is 0 Å². The van der Waals surface area contributed by atoms with Gasteiger partial charge < -0.3 is 13.9 Å². The Balaban J connectivity index is 0.934. The van der Waals surface area contributed by atoms with E-state index in [1.165, 1.54) is 55.0 Å². The van der Waals surface area contributed by atoms with E-state index in [0.29, 0.717) is 0 Å². The Morgan fingerprint density at radius 1 is 0.406 bits per heavy atom. The molecule has 64 heavy (non-hydrogen) atoms. The highest BCUT2D eigenvalue weighted by atomic mass is 16.3. The maximum atomic E-state index is 6.77. The van der Waals surface area contributed by atoms with E-state index in [4.69, 9.17) is 4.42 Å². The van der Waals surface area contributed by atoms with Gasteiger partial charge in [-0.3, -0.25) is 0 Å². The smallest absolute Gasteiger partial charge is 0.143 e. The number of anilines is 3. The van der Waals surface area contributed by atoms with Crippen LogP contribution >= 0.6 is 0 Å². The lowest BCUT2D eigenvalue weighted by molar-refractivity contribution is 0.660. The molecule has 0 N–H and O–H groups in total. The number of rotatable bonds is 6. The molecule has 2 heterocycles. The first-order valence-corrected chi connectivity index (χ1v) is 22.2. The van der Waals surface area contributed by atoms with Gasteiger partial charge in [-0.1, -0.05) is 172 Å².